The summed E-state index contributed by atoms with van der Waals surface area (Å²) in [5.74, 6) is 0. The summed E-state index contributed by atoms with van der Waals surface area (Å²) in [4.78, 5) is 7.52. The molecule has 2 rings (SSSR count). The smallest absolute Gasteiger partial charge is 0.0572 e. The first-order chi connectivity index (χ1) is 10.1. The fourth-order valence-corrected chi connectivity index (χ4v) is 3.80. The maximum absolute atomic E-state index is 6.19. The van der Waals surface area contributed by atoms with E-state index in [0.29, 0.717) is 6.10 Å². The molecule has 0 radical (unpaired) electrons. The van der Waals surface area contributed by atoms with Crippen LogP contribution >= 0.6 is 0 Å². The molecule has 124 valence electrons. The summed E-state index contributed by atoms with van der Waals surface area (Å²) < 4.78 is 5.52. The van der Waals surface area contributed by atoms with Gasteiger partial charge < -0.3 is 15.4 Å². The lowest BCUT2D eigenvalue weighted by atomic mass is 9.78. The second-order valence-electron chi connectivity index (χ2n) is 7.00. The van der Waals surface area contributed by atoms with Gasteiger partial charge in [0.2, 0.25) is 0 Å². The lowest BCUT2D eigenvalue weighted by molar-refractivity contribution is -0.0266. The highest BCUT2D eigenvalue weighted by molar-refractivity contribution is 4.97. The van der Waals surface area contributed by atoms with Gasteiger partial charge in [-0.25, -0.2) is 0 Å². The number of hydrogen-bond donors (Lipinski definition) is 1. The zero-order chi connectivity index (χ0) is 15.3. The molecule has 2 N–H and O–H groups in total. The van der Waals surface area contributed by atoms with Crippen LogP contribution in [-0.4, -0.2) is 93.4 Å². The van der Waals surface area contributed by atoms with Gasteiger partial charge in [0.05, 0.1) is 6.10 Å². The molecular formula is C16H34N4O. The predicted molar refractivity (Wildman–Crippen MR) is 87.6 cm³/mol. The highest BCUT2D eigenvalue weighted by Gasteiger charge is 2.40. The van der Waals surface area contributed by atoms with Gasteiger partial charge in [-0.1, -0.05) is 0 Å². The molecule has 21 heavy (non-hydrogen) atoms. The molecule has 5 nitrogen and oxygen atoms in total. The van der Waals surface area contributed by atoms with Gasteiger partial charge in [-0.3, -0.25) is 9.80 Å². The van der Waals surface area contributed by atoms with Gasteiger partial charge in [0.1, 0.15) is 0 Å². The van der Waals surface area contributed by atoms with Crippen LogP contribution in [0.2, 0.25) is 0 Å². The van der Waals surface area contributed by atoms with E-state index in [1.807, 2.05) is 7.11 Å². The average Bonchev–Trinajstić information content (AvgIpc) is 2.53. The van der Waals surface area contributed by atoms with Gasteiger partial charge >= 0.3 is 0 Å². The van der Waals surface area contributed by atoms with E-state index in [0.717, 1.165) is 25.9 Å². The number of hydrogen-bond acceptors (Lipinski definition) is 5. The number of methoxy groups -OCH3 is 1. The summed E-state index contributed by atoms with van der Waals surface area (Å²) >= 11 is 0. The van der Waals surface area contributed by atoms with Crippen LogP contribution in [0.25, 0.3) is 0 Å². The number of nitrogens with zero attached hydrogens (tertiary/aromatic N) is 3. The minimum Gasteiger partial charge on any atom is -0.381 e. The Morgan fingerprint density at radius 2 is 1.76 bits per heavy atom. The maximum atomic E-state index is 6.19. The third-order valence-electron chi connectivity index (χ3n) is 5.48. The van der Waals surface area contributed by atoms with Crippen molar-refractivity contribution in [2.75, 3.05) is 67.0 Å². The van der Waals surface area contributed by atoms with Crippen molar-refractivity contribution >= 4 is 0 Å². The lowest BCUT2D eigenvalue weighted by Crippen LogP contribution is -2.62. The van der Waals surface area contributed by atoms with Crippen LogP contribution in [0.5, 0.6) is 0 Å². The molecule has 1 heterocycles. The number of piperazine rings is 1. The van der Waals surface area contributed by atoms with Crippen LogP contribution in [0.15, 0.2) is 0 Å². The van der Waals surface area contributed by atoms with E-state index in [4.69, 9.17) is 10.5 Å². The summed E-state index contributed by atoms with van der Waals surface area (Å²) in [5.41, 5.74) is 6.43. The Hall–Kier alpha value is -0.200. The predicted octanol–water partition coefficient (Wildman–Crippen LogP) is 0.452. The first-order valence-corrected chi connectivity index (χ1v) is 8.44. The fraction of sp³-hybridized carbons (Fsp3) is 1.00. The minimum absolute atomic E-state index is 0.239. The maximum Gasteiger partial charge on any atom is 0.0572 e. The fourth-order valence-electron chi connectivity index (χ4n) is 3.80. The Morgan fingerprint density at radius 1 is 1.14 bits per heavy atom. The van der Waals surface area contributed by atoms with Gasteiger partial charge in [0, 0.05) is 58.5 Å². The Kier molecular flexibility index (Phi) is 6.44. The zero-order valence-corrected chi connectivity index (χ0v) is 14.2. The third kappa shape index (κ3) is 4.39. The molecule has 1 saturated heterocycles. The third-order valence-corrected chi connectivity index (χ3v) is 5.48. The van der Waals surface area contributed by atoms with Crippen LogP contribution < -0.4 is 5.73 Å². The molecule has 0 bridgehead atoms. The lowest BCUT2D eigenvalue weighted by Gasteiger charge is -2.50. The molecule has 0 spiro atoms. The first kappa shape index (κ1) is 17.2. The second-order valence-corrected chi connectivity index (χ2v) is 7.00. The molecule has 0 aromatic heterocycles. The summed E-state index contributed by atoms with van der Waals surface area (Å²) in [5, 5.41) is 0. The van der Waals surface area contributed by atoms with E-state index < -0.39 is 0 Å². The van der Waals surface area contributed by atoms with Gasteiger partial charge in [0.15, 0.2) is 0 Å². The van der Waals surface area contributed by atoms with Crippen molar-refractivity contribution in [1.82, 2.24) is 14.7 Å². The van der Waals surface area contributed by atoms with Crippen molar-refractivity contribution < 1.29 is 4.74 Å². The largest absolute Gasteiger partial charge is 0.381 e. The number of rotatable bonds is 6. The molecule has 0 aromatic rings. The average molecular weight is 298 g/mol. The van der Waals surface area contributed by atoms with Crippen LogP contribution in [0, 0.1) is 0 Å². The van der Waals surface area contributed by atoms with E-state index in [2.05, 4.69) is 28.8 Å². The van der Waals surface area contributed by atoms with E-state index in [1.165, 1.54) is 45.6 Å². The molecule has 0 unspecified atom stereocenters. The molecule has 5 heteroatoms. The van der Waals surface area contributed by atoms with Gasteiger partial charge in [-0.15, -0.1) is 0 Å². The van der Waals surface area contributed by atoms with E-state index in [9.17, 15) is 0 Å². The molecular weight excluding hydrogens is 264 g/mol. The Bertz CT molecular complexity index is 295. The topological polar surface area (TPSA) is 45.0 Å². The Balaban J connectivity index is 1.82. The molecule has 2 fully saturated rings. The SMILES string of the molecule is COC1CCC(CN)(N2CCN(CCN(C)C)CC2)CC1. The highest BCUT2D eigenvalue weighted by Crippen LogP contribution is 2.34. The quantitative estimate of drug-likeness (QED) is 0.771. The van der Waals surface area contributed by atoms with Crippen LogP contribution in [-0.2, 0) is 4.74 Å². The number of ether oxygens (including phenoxy) is 1. The standard InChI is InChI=1S/C16H34N4O/c1-18(2)8-9-19-10-12-20(13-11-19)16(14-17)6-4-15(21-3)5-7-16/h15H,4-14,17H2,1-3H3. The normalized spacial score (nSPS) is 32.7. The minimum atomic E-state index is 0.239. The summed E-state index contributed by atoms with van der Waals surface area (Å²) in [6, 6.07) is 0. The Labute approximate surface area is 130 Å². The van der Waals surface area contributed by atoms with Crippen molar-refractivity contribution in [1.29, 1.82) is 0 Å². The van der Waals surface area contributed by atoms with Gasteiger partial charge in [-0.05, 0) is 39.8 Å². The number of nitrogens with two attached hydrogens (primary N) is 1. The zero-order valence-electron chi connectivity index (χ0n) is 14.2. The van der Waals surface area contributed by atoms with Crippen LogP contribution in [0.3, 0.4) is 0 Å². The van der Waals surface area contributed by atoms with Crippen molar-refractivity contribution in [2.45, 2.75) is 37.3 Å². The van der Waals surface area contributed by atoms with E-state index in [-0.39, 0.29) is 5.54 Å². The van der Waals surface area contributed by atoms with Gasteiger partial charge in [-0.2, -0.15) is 0 Å². The summed E-state index contributed by atoms with van der Waals surface area (Å²) in [7, 11) is 6.13. The molecule has 0 aromatic carbocycles. The molecule has 2 aliphatic rings. The molecule has 0 amide bonds. The van der Waals surface area contributed by atoms with Crippen molar-refractivity contribution in [3.05, 3.63) is 0 Å². The van der Waals surface area contributed by atoms with Gasteiger partial charge in [0.25, 0.3) is 0 Å². The van der Waals surface area contributed by atoms with Crippen molar-refractivity contribution in [3.8, 4) is 0 Å². The highest BCUT2D eigenvalue weighted by atomic mass is 16.5. The summed E-state index contributed by atoms with van der Waals surface area (Å²) in [6.45, 7) is 7.83. The summed E-state index contributed by atoms with van der Waals surface area (Å²) in [6.07, 6.45) is 5.16. The van der Waals surface area contributed by atoms with Crippen molar-refractivity contribution in [2.24, 2.45) is 5.73 Å². The molecule has 0 atom stereocenters. The van der Waals surface area contributed by atoms with E-state index in [1.54, 1.807) is 0 Å². The number of likely N-dealkylation sites (N-methyl/N-ethyl adjacent to an activating group) is 1. The molecule has 1 aliphatic carbocycles. The monoisotopic (exact) mass is 298 g/mol. The van der Waals surface area contributed by atoms with Crippen LogP contribution in [0.4, 0.5) is 0 Å². The second kappa shape index (κ2) is 7.88. The molecule has 1 aliphatic heterocycles. The molecule has 1 saturated carbocycles. The van der Waals surface area contributed by atoms with Crippen LogP contribution in [0.1, 0.15) is 25.7 Å². The van der Waals surface area contributed by atoms with Crippen molar-refractivity contribution in [3.63, 3.8) is 0 Å². The first-order valence-electron chi connectivity index (χ1n) is 8.44. The Morgan fingerprint density at radius 3 is 2.24 bits per heavy atom. The van der Waals surface area contributed by atoms with E-state index >= 15 is 0 Å².